The van der Waals surface area contributed by atoms with Crippen LogP contribution in [-0.4, -0.2) is 44.1 Å². The standard InChI is InChI=1S/C21H27FN2O3/c1-20(2)19(26)23(24(20)18(25)13-7-9-16(22)10-8-13)17-14-5-4-6-15(17)12-21(3,27)11-14/h7-10,14-15,17,27H,4-6,11-12H2,1-3H3/t14?,15?,17-,21-. The van der Waals surface area contributed by atoms with E-state index in [0.717, 1.165) is 19.3 Å². The molecule has 0 spiro atoms. The van der Waals surface area contributed by atoms with E-state index in [1.807, 2.05) is 6.92 Å². The molecular weight excluding hydrogens is 347 g/mol. The summed E-state index contributed by atoms with van der Waals surface area (Å²) in [5, 5.41) is 13.8. The molecule has 1 heterocycles. The Labute approximate surface area is 159 Å². The van der Waals surface area contributed by atoms with Gasteiger partial charge in [-0.2, -0.15) is 0 Å². The lowest BCUT2D eigenvalue weighted by molar-refractivity contribution is -0.229. The van der Waals surface area contributed by atoms with Gasteiger partial charge < -0.3 is 5.11 Å². The highest BCUT2D eigenvalue weighted by molar-refractivity contribution is 6.04. The normalized spacial score (nSPS) is 35.0. The molecule has 1 aliphatic heterocycles. The van der Waals surface area contributed by atoms with Gasteiger partial charge >= 0.3 is 0 Å². The van der Waals surface area contributed by atoms with Crippen molar-refractivity contribution < 1.29 is 19.1 Å². The van der Waals surface area contributed by atoms with E-state index in [4.69, 9.17) is 0 Å². The molecule has 1 N–H and O–H groups in total. The number of hydrazine groups is 1. The molecule has 27 heavy (non-hydrogen) atoms. The SMILES string of the molecule is CC1(C)C(=O)N([C@H]2C3CCCC2C[C@@](C)(O)C3)N1C(=O)c1ccc(F)cc1. The van der Waals surface area contributed by atoms with Crippen molar-refractivity contribution in [2.45, 2.75) is 70.1 Å². The fourth-order valence-electron chi connectivity index (χ4n) is 5.45. The molecule has 2 unspecified atom stereocenters. The molecule has 2 atom stereocenters. The van der Waals surface area contributed by atoms with Crippen molar-refractivity contribution in [1.29, 1.82) is 0 Å². The Hall–Kier alpha value is -1.95. The predicted octanol–water partition coefficient (Wildman–Crippen LogP) is 3.13. The largest absolute Gasteiger partial charge is 0.390 e. The molecule has 1 saturated heterocycles. The molecule has 4 rings (SSSR count). The zero-order chi connectivity index (χ0) is 19.6. The summed E-state index contributed by atoms with van der Waals surface area (Å²) in [5.74, 6) is -0.352. The maximum absolute atomic E-state index is 13.2. The molecule has 3 aliphatic rings. The first-order valence-electron chi connectivity index (χ1n) is 9.78. The van der Waals surface area contributed by atoms with Gasteiger partial charge in [-0.05, 0) is 82.6 Å². The Morgan fingerprint density at radius 3 is 2.22 bits per heavy atom. The van der Waals surface area contributed by atoms with Crippen LogP contribution in [0.5, 0.6) is 0 Å². The van der Waals surface area contributed by atoms with Crippen LogP contribution in [0.4, 0.5) is 4.39 Å². The lowest BCUT2D eigenvalue weighted by atomic mass is 9.62. The second kappa shape index (κ2) is 6.03. The number of fused-ring (bicyclic) bond motifs is 2. The summed E-state index contributed by atoms with van der Waals surface area (Å²) in [6, 6.07) is 5.39. The number of hydrogen-bond donors (Lipinski definition) is 1. The zero-order valence-electron chi connectivity index (χ0n) is 16.1. The predicted molar refractivity (Wildman–Crippen MR) is 98.0 cm³/mol. The fourth-order valence-corrected chi connectivity index (χ4v) is 5.45. The average molecular weight is 374 g/mol. The van der Waals surface area contributed by atoms with Gasteiger partial charge in [-0.15, -0.1) is 0 Å². The van der Waals surface area contributed by atoms with E-state index in [0.29, 0.717) is 18.4 Å². The number of amides is 2. The van der Waals surface area contributed by atoms with Gasteiger partial charge in [0.15, 0.2) is 0 Å². The molecule has 6 heteroatoms. The number of halogens is 1. The van der Waals surface area contributed by atoms with Crippen LogP contribution in [0, 0.1) is 17.7 Å². The summed E-state index contributed by atoms with van der Waals surface area (Å²) in [6.45, 7) is 5.38. The summed E-state index contributed by atoms with van der Waals surface area (Å²) in [6.07, 6.45) is 4.31. The maximum Gasteiger partial charge on any atom is 0.273 e. The van der Waals surface area contributed by atoms with Gasteiger partial charge in [0.2, 0.25) is 0 Å². The van der Waals surface area contributed by atoms with E-state index in [-0.39, 0.29) is 29.7 Å². The molecule has 0 aromatic heterocycles. The molecule has 1 aromatic carbocycles. The van der Waals surface area contributed by atoms with E-state index in [2.05, 4.69) is 0 Å². The smallest absolute Gasteiger partial charge is 0.273 e. The Morgan fingerprint density at radius 2 is 1.67 bits per heavy atom. The van der Waals surface area contributed by atoms with Crippen molar-refractivity contribution in [3.05, 3.63) is 35.6 Å². The Balaban J connectivity index is 1.66. The van der Waals surface area contributed by atoms with Gasteiger partial charge in [-0.1, -0.05) is 6.42 Å². The van der Waals surface area contributed by atoms with Gasteiger partial charge in [-0.3, -0.25) is 9.59 Å². The number of nitrogens with zero attached hydrogens (tertiary/aromatic N) is 2. The van der Waals surface area contributed by atoms with Crippen LogP contribution in [0.25, 0.3) is 0 Å². The highest BCUT2D eigenvalue weighted by atomic mass is 19.1. The van der Waals surface area contributed by atoms with Crippen molar-refractivity contribution >= 4 is 11.8 Å². The topological polar surface area (TPSA) is 60.9 Å². The van der Waals surface area contributed by atoms with Crippen LogP contribution >= 0.6 is 0 Å². The third-order valence-electron chi connectivity index (χ3n) is 6.56. The van der Waals surface area contributed by atoms with Crippen molar-refractivity contribution in [2.24, 2.45) is 11.8 Å². The van der Waals surface area contributed by atoms with E-state index in [1.165, 1.54) is 24.3 Å². The molecule has 146 valence electrons. The number of hydrogen-bond acceptors (Lipinski definition) is 3. The fraction of sp³-hybridized carbons (Fsp3) is 0.619. The van der Waals surface area contributed by atoms with Gasteiger partial charge in [0.25, 0.3) is 11.8 Å². The quantitative estimate of drug-likeness (QED) is 0.865. The molecule has 2 saturated carbocycles. The summed E-state index contributed by atoms with van der Waals surface area (Å²) < 4.78 is 13.2. The van der Waals surface area contributed by atoms with E-state index in [1.54, 1.807) is 23.9 Å². The molecule has 2 bridgehead atoms. The zero-order valence-corrected chi connectivity index (χ0v) is 16.1. The van der Waals surface area contributed by atoms with Crippen LogP contribution < -0.4 is 0 Å². The highest BCUT2D eigenvalue weighted by Gasteiger charge is 2.61. The molecule has 3 fully saturated rings. The van der Waals surface area contributed by atoms with Crippen LogP contribution in [0.2, 0.25) is 0 Å². The average Bonchev–Trinajstić information content (AvgIpc) is 2.58. The van der Waals surface area contributed by atoms with Crippen molar-refractivity contribution in [3.8, 4) is 0 Å². The molecule has 5 nitrogen and oxygen atoms in total. The lowest BCUT2D eigenvalue weighted by Crippen LogP contribution is -2.80. The van der Waals surface area contributed by atoms with Crippen LogP contribution in [0.3, 0.4) is 0 Å². The van der Waals surface area contributed by atoms with Crippen molar-refractivity contribution in [2.75, 3.05) is 0 Å². The Kier molecular flexibility index (Phi) is 4.11. The van der Waals surface area contributed by atoms with E-state index < -0.39 is 17.0 Å². The first kappa shape index (κ1) is 18.4. The lowest BCUT2D eigenvalue weighted by Gasteiger charge is -2.63. The van der Waals surface area contributed by atoms with Gasteiger partial charge in [-0.25, -0.2) is 14.4 Å². The van der Waals surface area contributed by atoms with Crippen molar-refractivity contribution in [3.63, 3.8) is 0 Å². The monoisotopic (exact) mass is 374 g/mol. The minimum absolute atomic E-state index is 0.0519. The summed E-state index contributed by atoms with van der Waals surface area (Å²) in [5.41, 5.74) is -1.25. The highest BCUT2D eigenvalue weighted by Crippen LogP contribution is 2.50. The van der Waals surface area contributed by atoms with E-state index >= 15 is 0 Å². The second-order valence-electron chi connectivity index (χ2n) is 9.18. The number of benzene rings is 1. The Morgan fingerprint density at radius 1 is 1.11 bits per heavy atom. The summed E-state index contributed by atoms with van der Waals surface area (Å²) in [4.78, 5) is 26.1. The van der Waals surface area contributed by atoms with Crippen LogP contribution in [0.15, 0.2) is 24.3 Å². The number of aliphatic hydroxyl groups is 1. The minimum atomic E-state index is -0.917. The number of carbonyl (C=O) groups excluding carboxylic acids is 2. The first-order valence-corrected chi connectivity index (χ1v) is 9.78. The molecule has 1 aromatic rings. The van der Waals surface area contributed by atoms with Gasteiger partial charge in [0.05, 0.1) is 11.6 Å². The second-order valence-corrected chi connectivity index (χ2v) is 9.18. The number of carbonyl (C=O) groups is 2. The molecule has 0 radical (unpaired) electrons. The molecular formula is C21H27FN2O3. The molecule has 2 amide bonds. The summed E-state index contributed by atoms with van der Waals surface area (Å²) >= 11 is 0. The van der Waals surface area contributed by atoms with Gasteiger partial charge in [0, 0.05) is 5.56 Å². The van der Waals surface area contributed by atoms with E-state index in [9.17, 15) is 19.1 Å². The minimum Gasteiger partial charge on any atom is -0.390 e. The third kappa shape index (κ3) is 2.85. The van der Waals surface area contributed by atoms with Gasteiger partial charge in [0.1, 0.15) is 11.4 Å². The van der Waals surface area contributed by atoms with Crippen LogP contribution in [0.1, 0.15) is 63.2 Å². The first-order chi connectivity index (χ1) is 12.6. The summed E-state index contributed by atoms with van der Waals surface area (Å²) in [7, 11) is 0. The third-order valence-corrected chi connectivity index (χ3v) is 6.56. The van der Waals surface area contributed by atoms with Crippen molar-refractivity contribution in [1.82, 2.24) is 10.0 Å². The Bertz CT molecular complexity index is 758. The number of rotatable bonds is 2. The molecule has 2 aliphatic carbocycles. The maximum atomic E-state index is 13.2. The van der Waals surface area contributed by atoms with Crippen LogP contribution in [-0.2, 0) is 4.79 Å².